The molecule has 0 spiro atoms. The number of fused-ring (bicyclic) bond motifs is 2. The highest BCUT2D eigenvalue weighted by Crippen LogP contribution is 2.38. The Morgan fingerprint density at radius 1 is 1.26 bits per heavy atom. The standard InChI is InChI=1S/C13H11NO3.C2H6/c1-16-9-3-5-11-13(7-9)17-12-6-8(15)2-4-10(12)14-11;1-2/h3,5-7H,2,4H2,1H3;1-2H3. The Morgan fingerprint density at radius 2 is 2.05 bits per heavy atom. The molecule has 0 fully saturated rings. The van der Waals surface area contributed by atoms with Gasteiger partial charge >= 0.3 is 0 Å². The lowest BCUT2D eigenvalue weighted by atomic mass is 10.0. The van der Waals surface area contributed by atoms with Gasteiger partial charge in [0.05, 0.1) is 12.8 Å². The number of carbonyl (C=O) groups excluding carboxylic acids is 1. The highest BCUT2D eigenvalue weighted by Gasteiger charge is 2.24. The van der Waals surface area contributed by atoms with Crippen LogP contribution in [0.3, 0.4) is 0 Å². The third-order valence-corrected chi connectivity index (χ3v) is 2.83. The summed E-state index contributed by atoms with van der Waals surface area (Å²) in [4.78, 5) is 15.8. The van der Waals surface area contributed by atoms with Crippen LogP contribution in [0, 0.1) is 0 Å². The molecule has 0 N–H and O–H groups in total. The number of nitrogens with zero attached hydrogens (tertiary/aromatic N) is 1. The third kappa shape index (κ3) is 2.67. The lowest BCUT2D eigenvalue weighted by Crippen LogP contribution is -2.19. The Balaban J connectivity index is 0.000000637. The summed E-state index contributed by atoms with van der Waals surface area (Å²) in [6.07, 6.45) is 2.68. The first-order valence-electron chi connectivity index (χ1n) is 6.44. The molecule has 0 amide bonds. The van der Waals surface area contributed by atoms with Crippen molar-refractivity contribution in [1.82, 2.24) is 0 Å². The van der Waals surface area contributed by atoms with Crippen molar-refractivity contribution in [2.75, 3.05) is 7.11 Å². The average Bonchev–Trinajstić information content (AvgIpc) is 2.46. The van der Waals surface area contributed by atoms with Crippen LogP contribution < -0.4 is 9.47 Å². The minimum atomic E-state index is 0.0882. The minimum Gasteiger partial charge on any atom is -0.497 e. The van der Waals surface area contributed by atoms with Gasteiger partial charge in [0.15, 0.2) is 17.3 Å². The molecular formula is C15H17NO3. The number of hydrogen-bond acceptors (Lipinski definition) is 4. The maximum atomic E-state index is 11.3. The van der Waals surface area contributed by atoms with E-state index in [2.05, 4.69) is 4.99 Å². The van der Waals surface area contributed by atoms with Gasteiger partial charge in [-0.3, -0.25) is 4.79 Å². The number of aliphatic imine (C=N–C) groups is 1. The summed E-state index contributed by atoms with van der Waals surface area (Å²) >= 11 is 0. The molecular weight excluding hydrogens is 242 g/mol. The second-order valence-electron chi connectivity index (χ2n) is 3.97. The summed E-state index contributed by atoms with van der Waals surface area (Å²) in [5.74, 6) is 2.01. The Labute approximate surface area is 112 Å². The van der Waals surface area contributed by atoms with Gasteiger partial charge in [0.25, 0.3) is 0 Å². The van der Waals surface area contributed by atoms with E-state index in [0.717, 1.165) is 11.4 Å². The summed E-state index contributed by atoms with van der Waals surface area (Å²) in [6.45, 7) is 4.00. The van der Waals surface area contributed by atoms with Gasteiger partial charge < -0.3 is 9.47 Å². The quantitative estimate of drug-likeness (QED) is 0.776. The van der Waals surface area contributed by atoms with E-state index >= 15 is 0 Å². The van der Waals surface area contributed by atoms with E-state index in [1.165, 1.54) is 6.08 Å². The molecule has 0 saturated carbocycles. The van der Waals surface area contributed by atoms with Gasteiger partial charge in [0.1, 0.15) is 11.4 Å². The smallest absolute Gasteiger partial charge is 0.159 e. The van der Waals surface area contributed by atoms with Gasteiger partial charge in [-0.2, -0.15) is 0 Å². The number of hydrogen-bond donors (Lipinski definition) is 0. The molecule has 100 valence electrons. The van der Waals surface area contributed by atoms with Crippen LogP contribution in [-0.4, -0.2) is 18.6 Å². The Morgan fingerprint density at radius 3 is 2.79 bits per heavy atom. The molecule has 0 saturated heterocycles. The van der Waals surface area contributed by atoms with Crippen LogP contribution in [0.2, 0.25) is 0 Å². The highest BCUT2D eigenvalue weighted by molar-refractivity contribution is 6.11. The molecule has 0 bridgehead atoms. The molecule has 1 aliphatic carbocycles. The number of benzene rings is 1. The molecule has 0 aromatic heterocycles. The summed E-state index contributed by atoms with van der Waals surface area (Å²) < 4.78 is 10.8. The summed E-state index contributed by atoms with van der Waals surface area (Å²) in [7, 11) is 1.60. The maximum absolute atomic E-state index is 11.3. The lowest BCUT2D eigenvalue weighted by Gasteiger charge is -2.22. The van der Waals surface area contributed by atoms with E-state index in [1.54, 1.807) is 13.2 Å². The van der Waals surface area contributed by atoms with E-state index in [9.17, 15) is 4.79 Å². The molecule has 1 aliphatic heterocycles. The van der Waals surface area contributed by atoms with Gasteiger partial charge in [-0.05, 0) is 12.1 Å². The van der Waals surface area contributed by atoms with Crippen molar-refractivity contribution in [3.63, 3.8) is 0 Å². The molecule has 1 aromatic rings. The molecule has 1 heterocycles. The van der Waals surface area contributed by atoms with E-state index in [4.69, 9.17) is 9.47 Å². The fourth-order valence-electron chi connectivity index (χ4n) is 1.93. The van der Waals surface area contributed by atoms with Gasteiger partial charge in [-0.25, -0.2) is 4.99 Å². The topological polar surface area (TPSA) is 47.9 Å². The van der Waals surface area contributed by atoms with Crippen molar-refractivity contribution < 1.29 is 14.3 Å². The SMILES string of the molecule is CC.COc1ccc2c(c1)OC1=CC(=O)CCC1=N2. The van der Waals surface area contributed by atoms with Gasteiger partial charge in [-0.15, -0.1) is 0 Å². The molecule has 2 aliphatic rings. The van der Waals surface area contributed by atoms with Crippen molar-refractivity contribution in [3.8, 4) is 11.5 Å². The van der Waals surface area contributed by atoms with Crippen molar-refractivity contribution in [2.45, 2.75) is 26.7 Å². The Bertz CT molecular complexity index is 559. The van der Waals surface area contributed by atoms with Crippen molar-refractivity contribution in [3.05, 3.63) is 30.0 Å². The number of allylic oxidation sites excluding steroid dienone is 2. The molecule has 0 atom stereocenters. The Hall–Kier alpha value is -2.10. The van der Waals surface area contributed by atoms with E-state index in [0.29, 0.717) is 30.1 Å². The van der Waals surface area contributed by atoms with E-state index in [1.807, 2.05) is 26.0 Å². The predicted molar refractivity (Wildman–Crippen MR) is 74.4 cm³/mol. The first kappa shape index (κ1) is 13.3. The van der Waals surface area contributed by atoms with Crippen molar-refractivity contribution in [1.29, 1.82) is 0 Å². The highest BCUT2D eigenvalue weighted by atomic mass is 16.5. The van der Waals surface area contributed by atoms with E-state index in [-0.39, 0.29) is 5.78 Å². The van der Waals surface area contributed by atoms with Gasteiger partial charge in [0, 0.05) is 25.0 Å². The van der Waals surface area contributed by atoms with Crippen LogP contribution in [0.15, 0.2) is 35.0 Å². The molecule has 4 nitrogen and oxygen atoms in total. The second-order valence-corrected chi connectivity index (χ2v) is 3.97. The average molecular weight is 259 g/mol. The fourth-order valence-corrected chi connectivity index (χ4v) is 1.93. The van der Waals surface area contributed by atoms with E-state index < -0.39 is 0 Å². The molecule has 0 unspecified atom stereocenters. The summed E-state index contributed by atoms with van der Waals surface area (Å²) in [5, 5.41) is 0. The zero-order valence-corrected chi connectivity index (χ0v) is 11.4. The molecule has 1 aromatic carbocycles. The van der Waals surface area contributed by atoms with Crippen LogP contribution in [-0.2, 0) is 4.79 Å². The van der Waals surface area contributed by atoms with Crippen molar-refractivity contribution in [2.24, 2.45) is 4.99 Å². The van der Waals surface area contributed by atoms with Crippen LogP contribution in [0.25, 0.3) is 0 Å². The number of ether oxygens (including phenoxy) is 2. The third-order valence-electron chi connectivity index (χ3n) is 2.83. The zero-order valence-electron chi connectivity index (χ0n) is 11.4. The first-order valence-corrected chi connectivity index (χ1v) is 6.44. The predicted octanol–water partition coefficient (Wildman–Crippen LogP) is 3.43. The van der Waals surface area contributed by atoms with Gasteiger partial charge in [0.2, 0.25) is 0 Å². The van der Waals surface area contributed by atoms with Crippen LogP contribution in [0.4, 0.5) is 5.69 Å². The van der Waals surface area contributed by atoms with Gasteiger partial charge in [-0.1, -0.05) is 13.8 Å². The molecule has 4 heteroatoms. The molecule has 19 heavy (non-hydrogen) atoms. The fraction of sp³-hybridized carbons (Fsp3) is 0.333. The maximum Gasteiger partial charge on any atom is 0.159 e. The normalized spacial score (nSPS) is 15.8. The van der Waals surface area contributed by atoms with Crippen LogP contribution in [0.5, 0.6) is 11.5 Å². The van der Waals surface area contributed by atoms with Crippen LogP contribution >= 0.6 is 0 Å². The first-order chi connectivity index (χ1) is 9.26. The van der Waals surface area contributed by atoms with Crippen molar-refractivity contribution >= 4 is 17.2 Å². The number of carbonyl (C=O) groups is 1. The Kier molecular flexibility index (Phi) is 4.00. The molecule has 0 radical (unpaired) electrons. The number of methoxy groups -OCH3 is 1. The van der Waals surface area contributed by atoms with Crippen LogP contribution in [0.1, 0.15) is 26.7 Å². The summed E-state index contributed by atoms with van der Waals surface area (Å²) in [5.41, 5.74) is 1.63. The number of ketones is 1. The number of rotatable bonds is 1. The zero-order chi connectivity index (χ0) is 13.8. The summed E-state index contributed by atoms with van der Waals surface area (Å²) in [6, 6.07) is 5.47. The largest absolute Gasteiger partial charge is 0.497 e. The monoisotopic (exact) mass is 259 g/mol. The molecule has 3 rings (SSSR count). The minimum absolute atomic E-state index is 0.0882. The second kappa shape index (κ2) is 5.69. The lowest BCUT2D eigenvalue weighted by molar-refractivity contribution is -0.114.